The number of halogens is 1. The summed E-state index contributed by atoms with van der Waals surface area (Å²) in [4.78, 5) is 10.8. The molecule has 0 amide bonds. The second-order valence-electron chi connectivity index (χ2n) is 8.44. The Kier molecular flexibility index (Phi) is 12.6. The molecule has 0 aliphatic heterocycles. The summed E-state index contributed by atoms with van der Waals surface area (Å²) in [6, 6.07) is 8.07. The molecule has 0 atom stereocenters. The van der Waals surface area contributed by atoms with Crippen LogP contribution >= 0.6 is 24.0 Å². The number of rotatable bonds is 11. The largest absolute Gasteiger partial charge is 0.492 e. The number of aromatic nitrogens is 1. The maximum absolute atomic E-state index is 5.89. The van der Waals surface area contributed by atoms with E-state index in [1.54, 1.807) is 20.4 Å². The number of benzene rings is 1. The maximum atomic E-state index is 5.89. The monoisotopic (exact) mass is 559 g/mol. The normalized spacial score (nSPS) is 11.9. The average molecular weight is 559 g/mol. The highest BCUT2D eigenvalue weighted by atomic mass is 127. The summed E-state index contributed by atoms with van der Waals surface area (Å²) in [5.74, 6) is 3.05. The molecule has 1 heterocycles. The molecule has 0 aliphatic carbocycles. The van der Waals surface area contributed by atoms with Gasteiger partial charge in [0.15, 0.2) is 5.96 Å². The first-order valence-electron chi connectivity index (χ1n) is 10.6. The van der Waals surface area contributed by atoms with Gasteiger partial charge in [0.1, 0.15) is 18.1 Å². The van der Waals surface area contributed by atoms with E-state index in [0.29, 0.717) is 31.5 Å². The second kappa shape index (κ2) is 14.3. The van der Waals surface area contributed by atoms with Gasteiger partial charge in [0.2, 0.25) is 5.89 Å². The van der Waals surface area contributed by atoms with Gasteiger partial charge in [-0.25, -0.2) is 4.98 Å². The highest BCUT2D eigenvalue weighted by Crippen LogP contribution is 2.22. The lowest BCUT2D eigenvalue weighted by atomic mass is 9.94. The Balaban J connectivity index is 0.00000512. The number of guanidine groups is 1. The minimum absolute atomic E-state index is 0. The van der Waals surface area contributed by atoms with E-state index in [9.17, 15) is 0 Å². The van der Waals surface area contributed by atoms with E-state index in [1.165, 1.54) is 0 Å². The van der Waals surface area contributed by atoms with Crippen LogP contribution in [0.15, 0.2) is 39.9 Å². The van der Waals surface area contributed by atoms with Crippen LogP contribution in [0.4, 0.5) is 0 Å². The van der Waals surface area contributed by atoms with Gasteiger partial charge in [-0.3, -0.25) is 4.99 Å². The van der Waals surface area contributed by atoms with Gasteiger partial charge in [0, 0.05) is 39.2 Å². The Morgan fingerprint density at radius 1 is 1.16 bits per heavy atom. The Bertz CT molecular complexity index is 820. The number of hydrogen-bond acceptors (Lipinski definition) is 6. The third-order valence-corrected chi connectivity index (χ3v) is 4.70. The molecule has 0 spiro atoms. The van der Waals surface area contributed by atoms with Crippen LogP contribution in [0.25, 0.3) is 0 Å². The predicted molar refractivity (Wildman–Crippen MR) is 139 cm³/mol. The first-order valence-corrected chi connectivity index (χ1v) is 10.6. The molecular formula is C23H38IN5O3. The molecule has 0 radical (unpaired) electrons. The van der Waals surface area contributed by atoms with Crippen molar-refractivity contribution in [2.75, 3.05) is 47.5 Å². The molecule has 8 nitrogen and oxygen atoms in total. The van der Waals surface area contributed by atoms with Crippen molar-refractivity contribution < 1.29 is 13.9 Å². The quantitative estimate of drug-likeness (QED) is 0.248. The first kappa shape index (κ1) is 28.2. The number of likely N-dealkylation sites (N-methyl/N-ethyl adjacent to an activating group) is 1. The zero-order valence-electron chi connectivity index (χ0n) is 20.1. The van der Waals surface area contributed by atoms with Crippen molar-refractivity contribution in [3.8, 4) is 5.75 Å². The first-order chi connectivity index (χ1) is 14.8. The lowest BCUT2D eigenvalue weighted by molar-refractivity contribution is 0.150. The van der Waals surface area contributed by atoms with Crippen LogP contribution in [-0.2, 0) is 23.2 Å². The standard InChI is InChI=1S/C23H37N5O3.HI/c1-23(2,3)20-16-25-21(31-20)17-27-22(24-4)26-15-18-8-7-9-19(14-18)30-13-11-28(5)10-12-29-6;/h7-9,14,16H,10-13,15,17H2,1-6H3,(H2,24,26,27);1H. The van der Waals surface area contributed by atoms with Gasteiger partial charge in [0.25, 0.3) is 0 Å². The molecule has 180 valence electrons. The Morgan fingerprint density at radius 2 is 1.88 bits per heavy atom. The smallest absolute Gasteiger partial charge is 0.213 e. The van der Waals surface area contributed by atoms with E-state index in [4.69, 9.17) is 13.9 Å². The van der Waals surface area contributed by atoms with Crippen LogP contribution in [0.3, 0.4) is 0 Å². The molecule has 2 aromatic rings. The SMILES string of the molecule is CN=C(NCc1cccc(OCCN(C)CCOC)c1)NCc1ncc(C(C)(C)C)o1.I. The summed E-state index contributed by atoms with van der Waals surface area (Å²) < 4.78 is 16.8. The summed E-state index contributed by atoms with van der Waals surface area (Å²) in [5.41, 5.74) is 1.05. The maximum Gasteiger partial charge on any atom is 0.213 e. The summed E-state index contributed by atoms with van der Waals surface area (Å²) in [5, 5.41) is 6.54. The van der Waals surface area contributed by atoms with E-state index in [2.05, 4.69) is 59.4 Å². The van der Waals surface area contributed by atoms with Gasteiger partial charge >= 0.3 is 0 Å². The molecule has 1 aromatic heterocycles. The van der Waals surface area contributed by atoms with Crippen molar-refractivity contribution in [2.45, 2.75) is 39.3 Å². The van der Waals surface area contributed by atoms with Crippen molar-refractivity contribution in [3.63, 3.8) is 0 Å². The molecule has 9 heteroatoms. The molecule has 0 fully saturated rings. The van der Waals surface area contributed by atoms with Crippen LogP contribution in [0.2, 0.25) is 0 Å². The lowest BCUT2D eigenvalue weighted by Crippen LogP contribution is -2.36. The van der Waals surface area contributed by atoms with Crippen molar-refractivity contribution in [3.05, 3.63) is 47.7 Å². The number of hydrogen-bond donors (Lipinski definition) is 2. The predicted octanol–water partition coefficient (Wildman–Crippen LogP) is 3.41. The van der Waals surface area contributed by atoms with Crippen LogP contribution in [0.1, 0.15) is 38.0 Å². The van der Waals surface area contributed by atoms with Crippen LogP contribution in [0.5, 0.6) is 5.75 Å². The minimum atomic E-state index is -0.0579. The second-order valence-corrected chi connectivity index (χ2v) is 8.44. The fourth-order valence-electron chi connectivity index (χ4n) is 2.73. The van der Waals surface area contributed by atoms with Gasteiger partial charge < -0.3 is 29.4 Å². The summed E-state index contributed by atoms with van der Waals surface area (Å²) in [6.45, 7) is 10.5. The van der Waals surface area contributed by atoms with Crippen molar-refractivity contribution >= 4 is 29.9 Å². The van der Waals surface area contributed by atoms with Gasteiger partial charge in [-0.05, 0) is 24.7 Å². The Hall–Kier alpha value is -1.85. The van der Waals surface area contributed by atoms with Crippen molar-refractivity contribution in [1.29, 1.82) is 0 Å². The molecule has 2 rings (SSSR count). The summed E-state index contributed by atoms with van der Waals surface area (Å²) in [6.07, 6.45) is 1.79. The van der Waals surface area contributed by atoms with Gasteiger partial charge in [-0.1, -0.05) is 32.9 Å². The molecule has 1 aromatic carbocycles. The van der Waals surface area contributed by atoms with Gasteiger partial charge in [-0.15, -0.1) is 24.0 Å². The number of methoxy groups -OCH3 is 1. The summed E-state index contributed by atoms with van der Waals surface area (Å²) in [7, 11) is 5.51. The third kappa shape index (κ3) is 10.2. The molecule has 0 saturated heterocycles. The lowest BCUT2D eigenvalue weighted by Gasteiger charge is -2.16. The van der Waals surface area contributed by atoms with E-state index >= 15 is 0 Å². The van der Waals surface area contributed by atoms with Crippen molar-refractivity contribution in [1.82, 2.24) is 20.5 Å². The highest BCUT2D eigenvalue weighted by molar-refractivity contribution is 14.0. The summed E-state index contributed by atoms with van der Waals surface area (Å²) >= 11 is 0. The Morgan fingerprint density at radius 3 is 2.53 bits per heavy atom. The van der Waals surface area contributed by atoms with Gasteiger partial charge in [-0.2, -0.15) is 0 Å². The number of aliphatic imine (C=N–C) groups is 1. The molecule has 0 saturated carbocycles. The minimum Gasteiger partial charge on any atom is -0.492 e. The third-order valence-electron chi connectivity index (χ3n) is 4.70. The number of ether oxygens (including phenoxy) is 2. The zero-order chi connectivity index (χ0) is 22.7. The number of nitrogens with one attached hydrogen (secondary N) is 2. The van der Waals surface area contributed by atoms with E-state index in [0.717, 1.165) is 36.8 Å². The van der Waals surface area contributed by atoms with E-state index in [-0.39, 0.29) is 29.4 Å². The molecule has 2 N–H and O–H groups in total. The number of nitrogens with zero attached hydrogens (tertiary/aromatic N) is 3. The number of oxazole rings is 1. The highest BCUT2D eigenvalue weighted by Gasteiger charge is 2.19. The molecular weight excluding hydrogens is 521 g/mol. The van der Waals surface area contributed by atoms with Crippen molar-refractivity contribution in [2.24, 2.45) is 4.99 Å². The van der Waals surface area contributed by atoms with Gasteiger partial charge in [0.05, 0.1) is 19.3 Å². The molecule has 0 bridgehead atoms. The van der Waals surface area contributed by atoms with E-state index < -0.39 is 0 Å². The molecule has 32 heavy (non-hydrogen) atoms. The van der Waals surface area contributed by atoms with Crippen LogP contribution in [0, 0.1) is 0 Å². The fraction of sp³-hybridized carbons (Fsp3) is 0.565. The zero-order valence-corrected chi connectivity index (χ0v) is 22.4. The van der Waals surface area contributed by atoms with Crippen LogP contribution < -0.4 is 15.4 Å². The average Bonchev–Trinajstić information content (AvgIpc) is 3.22. The van der Waals surface area contributed by atoms with Crippen LogP contribution in [-0.4, -0.2) is 63.4 Å². The molecule has 0 unspecified atom stereocenters. The Labute approximate surface area is 209 Å². The fourth-order valence-corrected chi connectivity index (χ4v) is 2.73. The van der Waals surface area contributed by atoms with E-state index in [1.807, 2.05) is 18.2 Å². The topological polar surface area (TPSA) is 84.2 Å². The molecule has 0 aliphatic rings.